The van der Waals surface area contributed by atoms with Crippen LogP contribution in [-0.2, 0) is 9.63 Å². The number of methoxy groups -OCH3 is 1. The van der Waals surface area contributed by atoms with E-state index >= 15 is 0 Å². The number of oxime groups is 1. The summed E-state index contributed by atoms with van der Waals surface area (Å²) >= 11 is 0. The van der Waals surface area contributed by atoms with E-state index < -0.39 is 11.9 Å². The molecule has 2 aromatic rings. The molecule has 1 amide bonds. The summed E-state index contributed by atoms with van der Waals surface area (Å²) in [6, 6.07) is 4.15. The number of aromatic nitrogens is 3. The zero-order valence-corrected chi connectivity index (χ0v) is 13.8. The Labute approximate surface area is 143 Å². The summed E-state index contributed by atoms with van der Waals surface area (Å²) in [5.74, 6) is -0.478. The maximum absolute atomic E-state index is 13.8. The first-order valence-corrected chi connectivity index (χ1v) is 7.77. The quantitative estimate of drug-likeness (QED) is 0.850. The highest BCUT2D eigenvalue weighted by atomic mass is 19.1. The summed E-state index contributed by atoms with van der Waals surface area (Å²) in [5, 5.41) is 10.7. The SMILES string of the molecule is COc1ccc(C2=NO[C@@H](CNC(=O)[C@H](C)n3cncn3)C2)cc1F. The van der Waals surface area contributed by atoms with Gasteiger partial charge in [-0.05, 0) is 25.1 Å². The minimum atomic E-state index is -0.472. The second-order valence-electron chi connectivity index (χ2n) is 5.62. The molecule has 0 saturated carbocycles. The number of amides is 1. The summed E-state index contributed by atoms with van der Waals surface area (Å²) in [5.41, 5.74) is 1.26. The number of halogens is 1. The zero-order valence-electron chi connectivity index (χ0n) is 13.8. The van der Waals surface area contributed by atoms with Crippen molar-refractivity contribution in [3.8, 4) is 5.75 Å². The lowest BCUT2D eigenvalue weighted by molar-refractivity contribution is -0.124. The molecule has 1 aliphatic heterocycles. The fourth-order valence-corrected chi connectivity index (χ4v) is 2.45. The largest absolute Gasteiger partial charge is 0.494 e. The summed E-state index contributed by atoms with van der Waals surface area (Å²) in [4.78, 5) is 21.2. The van der Waals surface area contributed by atoms with Gasteiger partial charge < -0.3 is 14.9 Å². The Morgan fingerprint density at radius 3 is 3.08 bits per heavy atom. The first-order chi connectivity index (χ1) is 12.1. The molecular formula is C16H18FN5O3. The van der Waals surface area contributed by atoms with Crippen LogP contribution in [0.5, 0.6) is 5.75 Å². The summed E-state index contributed by atoms with van der Waals surface area (Å²) in [7, 11) is 1.41. The number of carbonyl (C=O) groups is 1. The van der Waals surface area contributed by atoms with Crippen LogP contribution in [0.25, 0.3) is 0 Å². The van der Waals surface area contributed by atoms with Crippen LogP contribution in [0.15, 0.2) is 36.0 Å². The van der Waals surface area contributed by atoms with Gasteiger partial charge in [-0.1, -0.05) is 5.16 Å². The Kier molecular flexibility index (Phi) is 4.92. The number of benzene rings is 1. The van der Waals surface area contributed by atoms with E-state index in [9.17, 15) is 9.18 Å². The molecule has 0 saturated heterocycles. The van der Waals surface area contributed by atoms with Crippen molar-refractivity contribution in [3.05, 3.63) is 42.2 Å². The third kappa shape index (κ3) is 3.76. The molecular weight excluding hydrogens is 329 g/mol. The molecule has 0 spiro atoms. The molecule has 1 N–H and O–H groups in total. The fraction of sp³-hybridized carbons (Fsp3) is 0.375. The van der Waals surface area contributed by atoms with Gasteiger partial charge in [-0.25, -0.2) is 14.1 Å². The van der Waals surface area contributed by atoms with E-state index in [1.54, 1.807) is 19.1 Å². The van der Waals surface area contributed by atoms with Crippen LogP contribution in [0.3, 0.4) is 0 Å². The lowest BCUT2D eigenvalue weighted by Gasteiger charge is -2.14. The molecule has 0 bridgehead atoms. The van der Waals surface area contributed by atoms with Crippen LogP contribution in [0.1, 0.15) is 24.9 Å². The Hall–Kier alpha value is -2.97. The molecule has 8 nitrogen and oxygen atoms in total. The number of hydrogen-bond acceptors (Lipinski definition) is 6. The molecule has 2 heterocycles. The monoisotopic (exact) mass is 347 g/mol. The highest BCUT2D eigenvalue weighted by Crippen LogP contribution is 2.22. The van der Waals surface area contributed by atoms with Crippen molar-refractivity contribution in [2.24, 2.45) is 5.16 Å². The van der Waals surface area contributed by atoms with E-state index in [-0.39, 0.29) is 17.8 Å². The van der Waals surface area contributed by atoms with Gasteiger partial charge >= 0.3 is 0 Å². The number of ether oxygens (including phenoxy) is 1. The normalized spacial score (nSPS) is 17.6. The molecule has 132 valence electrons. The van der Waals surface area contributed by atoms with Gasteiger partial charge in [0.05, 0.1) is 19.4 Å². The number of nitrogens with zero attached hydrogens (tertiary/aromatic N) is 4. The van der Waals surface area contributed by atoms with Crippen LogP contribution in [0.4, 0.5) is 4.39 Å². The standard InChI is InChI=1S/C16H18FN5O3/c1-10(22-9-18-8-20-22)16(23)19-7-12-6-14(21-25-12)11-3-4-15(24-2)13(17)5-11/h3-5,8-10,12H,6-7H2,1-2H3,(H,19,23)/t10-,12+/m0/s1. The van der Waals surface area contributed by atoms with Crippen molar-refractivity contribution in [3.63, 3.8) is 0 Å². The number of rotatable bonds is 6. The highest BCUT2D eigenvalue weighted by molar-refractivity contribution is 6.01. The van der Waals surface area contributed by atoms with Crippen LogP contribution in [0.2, 0.25) is 0 Å². The van der Waals surface area contributed by atoms with E-state index in [2.05, 4.69) is 20.6 Å². The third-order valence-electron chi connectivity index (χ3n) is 3.93. The second-order valence-corrected chi connectivity index (χ2v) is 5.62. The second kappa shape index (κ2) is 7.29. The van der Waals surface area contributed by atoms with E-state index in [0.29, 0.717) is 24.2 Å². The number of hydrogen-bond donors (Lipinski definition) is 1. The number of nitrogens with one attached hydrogen (secondary N) is 1. The van der Waals surface area contributed by atoms with E-state index in [1.165, 1.54) is 30.5 Å². The lowest BCUT2D eigenvalue weighted by Crippen LogP contribution is -2.36. The fourth-order valence-electron chi connectivity index (χ4n) is 2.45. The van der Waals surface area contributed by atoms with Crippen molar-refractivity contribution in [1.29, 1.82) is 0 Å². The highest BCUT2D eigenvalue weighted by Gasteiger charge is 2.24. The third-order valence-corrected chi connectivity index (χ3v) is 3.93. The van der Waals surface area contributed by atoms with Crippen LogP contribution < -0.4 is 10.1 Å². The van der Waals surface area contributed by atoms with Crippen molar-refractivity contribution in [2.45, 2.75) is 25.5 Å². The van der Waals surface area contributed by atoms with Gasteiger partial charge in [0.25, 0.3) is 0 Å². The topological polar surface area (TPSA) is 90.6 Å². The van der Waals surface area contributed by atoms with Gasteiger partial charge in [0.1, 0.15) is 24.8 Å². The first kappa shape index (κ1) is 16.9. The van der Waals surface area contributed by atoms with Crippen molar-refractivity contribution < 1.29 is 18.8 Å². The smallest absolute Gasteiger partial charge is 0.244 e. The zero-order chi connectivity index (χ0) is 17.8. The van der Waals surface area contributed by atoms with E-state index in [1.807, 2.05) is 0 Å². The lowest BCUT2D eigenvalue weighted by atomic mass is 10.0. The van der Waals surface area contributed by atoms with Gasteiger partial charge in [0, 0.05) is 12.0 Å². The van der Waals surface area contributed by atoms with E-state index in [4.69, 9.17) is 9.57 Å². The van der Waals surface area contributed by atoms with E-state index in [0.717, 1.165) is 0 Å². The van der Waals surface area contributed by atoms with Crippen molar-refractivity contribution in [2.75, 3.05) is 13.7 Å². The molecule has 0 radical (unpaired) electrons. The average molecular weight is 347 g/mol. The number of carbonyl (C=O) groups excluding carboxylic acids is 1. The molecule has 1 aromatic carbocycles. The maximum Gasteiger partial charge on any atom is 0.244 e. The minimum Gasteiger partial charge on any atom is -0.494 e. The molecule has 1 aliphatic rings. The average Bonchev–Trinajstić information content (AvgIpc) is 3.30. The van der Waals surface area contributed by atoms with Crippen LogP contribution >= 0.6 is 0 Å². The Balaban J connectivity index is 1.52. The van der Waals surface area contributed by atoms with Crippen LogP contribution in [-0.4, -0.2) is 46.1 Å². The molecule has 0 fully saturated rings. The van der Waals surface area contributed by atoms with Gasteiger partial charge in [-0.3, -0.25) is 4.79 Å². The Morgan fingerprint density at radius 2 is 2.40 bits per heavy atom. The van der Waals surface area contributed by atoms with Gasteiger partial charge in [-0.15, -0.1) is 0 Å². The molecule has 0 aliphatic carbocycles. The summed E-state index contributed by atoms with van der Waals surface area (Å²) in [6.45, 7) is 2.02. The van der Waals surface area contributed by atoms with Crippen LogP contribution in [0, 0.1) is 5.82 Å². The van der Waals surface area contributed by atoms with Gasteiger partial charge in [0.15, 0.2) is 11.6 Å². The van der Waals surface area contributed by atoms with Gasteiger partial charge in [-0.2, -0.15) is 5.10 Å². The summed E-state index contributed by atoms with van der Waals surface area (Å²) in [6.07, 6.45) is 3.03. The Bertz CT molecular complexity index is 778. The molecule has 3 rings (SSSR count). The van der Waals surface area contributed by atoms with Crippen molar-refractivity contribution in [1.82, 2.24) is 20.1 Å². The summed E-state index contributed by atoms with van der Waals surface area (Å²) < 4.78 is 20.1. The van der Waals surface area contributed by atoms with Crippen molar-refractivity contribution >= 4 is 11.6 Å². The van der Waals surface area contributed by atoms with Gasteiger partial charge in [0.2, 0.25) is 5.91 Å². The maximum atomic E-state index is 13.8. The molecule has 0 unspecified atom stereocenters. The predicted octanol–water partition coefficient (Wildman–Crippen LogP) is 1.30. The molecule has 1 aromatic heterocycles. The molecule has 9 heteroatoms. The molecule has 25 heavy (non-hydrogen) atoms. The predicted molar refractivity (Wildman–Crippen MR) is 86.7 cm³/mol. The minimum absolute atomic E-state index is 0.175. The first-order valence-electron chi connectivity index (χ1n) is 7.77. The Morgan fingerprint density at radius 1 is 1.56 bits per heavy atom. The molecule has 2 atom stereocenters.